The minimum Gasteiger partial charge on any atom is -0.350 e. The van der Waals surface area contributed by atoms with Gasteiger partial charge in [-0.15, -0.1) is 0 Å². The molecule has 0 bridgehead atoms. The van der Waals surface area contributed by atoms with Crippen LogP contribution in [-0.4, -0.2) is 28.2 Å². The molecule has 0 aliphatic heterocycles. The Labute approximate surface area is 125 Å². The third-order valence-electron chi connectivity index (χ3n) is 4.09. The van der Waals surface area contributed by atoms with Crippen molar-refractivity contribution in [3.05, 3.63) is 27.2 Å². The van der Waals surface area contributed by atoms with Crippen molar-refractivity contribution in [2.75, 3.05) is 6.54 Å². The molecule has 0 saturated carbocycles. The van der Waals surface area contributed by atoms with Crippen molar-refractivity contribution in [3.63, 3.8) is 0 Å². The van der Waals surface area contributed by atoms with E-state index in [0.717, 1.165) is 24.1 Å². The second-order valence-electron chi connectivity index (χ2n) is 5.31. The van der Waals surface area contributed by atoms with Crippen LogP contribution < -0.4 is 16.6 Å². The van der Waals surface area contributed by atoms with Gasteiger partial charge in [-0.25, -0.2) is 5.10 Å². The summed E-state index contributed by atoms with van der Waals surface area (Å²) < 4.78 is 0. The first kappa shape index (κ1) is 17.4. The largest absolute Gasteiger partial charge is 0.350 e. The molecule has 6 nitrogen and oxygen atoms in total. The molecule has 1 amide bonds. The van der Waals surface area contributed by atoms with Crippen LogP contribution in [0.1, 0.15) is 62.2 Å². The smallest absolute Gasteiger partial charge is 0.277 e. The van der Waals surface area contributed by atoms with Crippen LogP contribution in [0.2, 0.25) is 0 Å². The van der Waals surface area contributed by atoms with Gasteiger partial charge in [0, 0.05) is 12.1 Å². The van der Waals surface area contributed by atoms with Crippen molar-refractivity contribution in [3.8, 4) is 0 Å². The van der Waals surface area contributed by atoms with E-state index >= 15 is 0 Å². The van der Waals surface area contributed by atoms with Gasteiger partial charge in [0.1, 0.15) is 5.56 Å². The molecule has 0 aliphatic rings. The fourth-order valence-corrected chi connectivity index (χ4v) is 2.28. The number of hydrogen-bond donors (Lipinski definition) is 3. The predicted octanol–water partition coefficient (Wildman–Crippen LogP) is 1.14. The molecule has 1 heterocycles. The summed E-state index contributed by atoms with van der Waals surface area (Å²) in [6.45, 7) is 8.19. The lowest BCUT2D eigenvalue weighted by Crippen LogP contribution is -2.50. The fourth-order valence-electron chi connectivity index (χ4n) is 2.28. The van der Waals surface area contributed by atoms with E-state index in [1.165, 1.54) is 0 Å². The van der Waals surface area contributed by atoms with Gasteiger partial charge in [0.2, 0.25) is 0 Å². The summed E-state index contributed by atoms with van der Waals surface area (Å²) in [6, 6.07) is 0. The Morgan fingerprint density at radius 1 is 1.24 bits per heavy atom. The van der Waals surface area contributed by atoms with E-state index in [4.69, 9.17) is 5.73 Å². The van der Waals surface area contributed by atoms with Gasteiger partial charge in [0.25, 0.3) is 11.5 Å². The Kier molecular flexibility index (Phi) is 6.08. The number of rotatable bonds is 7. The zero-order chi connectivity index (χ0) is 16.0. The summed E-state index contributed by atoms with van der Waals surface area (Å²) in [4.78, 5) is 24.3. The maximum atomic E-state index is 12.4. The van der Waals surface area contributed by atoms with Gasteiger partial charge in [-0.3, -0.25) is 9.59 Å². The van der Waals surface area contributed by atoms with Crippen molar-refractivity contribution in [1.29, 1.82) is 0 Å². The summed E-state index contributed by atoms with van der Waals surface area (Å²) in [5, 5.41) is 9.21. The average molecular weight is 294 g/mol. The molecule has 0 saturated heterocycles. The number of amides is 1. The molecule has 0 unspecified atom stereocenters. The van der Waals surface area contributed by atoms with Gasteiger partial charge in [-0.1, -0.05) is 27.7 Å². The van der Waals surface area contributed by atoms with E-state index in [1.807, 2.05) is 27.7 Å². The standard InChI is InChI=1S/C15H26N4O2/c1-5-10-11(6-2)18-19-14(21)12(10)13(20)17-9-15(16,7-3)8-4/h5-9,16H2,1-4H3,(H,17,20)(H,19,21). The number of aromatic amines is 1. The summed E-state index contributed by atoms with van der Waals surface area (Å²) in [5.41, 5.74) is 6.93. The quantitative estimate of drug-likeness (QED) is 0.702. The molecule has 0 atom stereocenters. The highest BCUT2D eigenvalue weighted by atomic mass is 16.2. The van der Waals surface area contributed by atoms with Gasteiger partial charge in [0.15, 0.2) is 0 Å². The Bertz CT molecular complexity index is 547. The zero-order valence-electron chi connectivity index (χ0n) is 13.4. The highest BCUT2D eigenvalue weighted by molar-refractivity contribution is 5.95. The van der Waals surface area contributed by atoms with Gasteiger partial charge in [-0.2, -0.15) is 5.10 Å². The van der Waals surface area contributed by atoms with E-state index in [2.05, 4.69) is 15.5 Å². The van der Waals surface area contributed by atoms with Crippen LogP contribution >= 0.6 is 0 Å². The summed E-state index contributed by atoms with van der Waals surface area (Å²) in [5.74, 6) is -0.373. The lowest BCUT2D eigenvalue weighted by molar-refractivity contribution is 0.0939. The van der Waals surface area contributed by atoms with Crippen LogP contribution in [0.15, 0.2) is 4.79 Å². The summed E-state index contributed by atoms with van der Waals surface area (Å²) in [6.07, 6.45) is 2.79. The summed E-state index contributed by atoms with van der Waals surface area (Å²) in [7, 11) is 0. The molecule has 0 aliphatic carbocycles. The SMILES string of the molecule is CCc1n[nH]c(=O)c(C(=O)NCC(N)(CC)CC)c1CC. The molecule has 0 aromatic carbocycles. The minimum atomic E-state index is -0.447. The second kappa shape index (κ2) is 7.36. The number of aromatic nitrogens is 2. The Hall–Kier alpha value is -1.69. The van der Waals surface area contributed by atoms with Gasteiger partial charge >= 0.3 is 0 Å². The van der Waals surface area contributed by atoms with Gasteiger partial charge in [0.05, 0.1) is 5.69 Å². The first-order valence-electron chi connectivity index (χ1n) is 7.59. The molecule has 6 heteroatoms. The molecule has 1 aromatic rings. The lowest BCUT2D eigenvalue weighted by atomic mass is 9.94. The second-order valence-corrected chi connectivity index (χ2v) is 5.31. The number of nitrogens with zero attached hydrogens (tertiary/aromatic N) is 1. The van der Waals surface area contributed by atoms with Crippen molar-refractivity contribution in [1.82, 2.24) is 15.5 Å². The minimum absolute atomic E-state index is 0.166. The lowest BCUT2D eigenvalue weighted by Gasteiger charge is -2.26. The van der Waals surface area contributed by atoms with Gasteiger partial charge < -0.3 is 11.1 Å². The number of carbonyl (C=O) groups is 1. The number of aryl methyl sites for hydroxylation is 1. The number of H-pyrrole nitrogens is 1. The molecule has 1 rings (SSSR count). The highest BCUT2D eigenvalue weighted by Gasteiger charge is 2.24. The monoisotopic (exact) mass is 294 g/mol. The third-order valence-corrected chi connectivity index (χ3v) is 4.09. The van der Waals surface area contributed by atoms with Crippen molar-refractivity contribution < 1.29 is 4.79 Å². The maximum Gasteiger partial charge on any atom is 0.277 e. The van der Waals surface area contributed by atoms with E-state index in [1.54, 1.807) is 0 Å². The highest BCUT2D eigenvalue weighted by Crippen LogP contribution is 2.12. The molecular weight excluding hydrogens is 268 g/mol. The first-order chi connectivity index (χ1) is 9.92. The van der Waals surface area contributed by atoms with Crippen LogP contribution in [0, 0.1) is 0 Å². The molecule has 21 heavy (non-hydrogen) atoms. The molecular formula is C15H26N4O2. The average Bonchev–Trinajstić information content (AvgIpc) is 2.51. The Morgan fingerprint density at radius 2 is 1.86 bits per heavy atom. The molecule has 118 valence electrons. The molecule has 0 radical (unpaired) electrons. The van der Waals surface area contributed by atoms with Crippen molar-refractivity contribution in [2.24, 2.45) is 5.73 Å². The third kappa shape index (κ3) is 3.91. The number of hydrogen-bond acceptors (Lipinski definition) is 4. The molecule has 0 fully saturated rings. The van der Waals surface area contributed by atoms with Gasteiger partial charge in [-0.05, 0) is 31.2 Å². The first-order valence-corrected chi connectivity index (χ1v) is 7.59. The molecule has 4 N–H and O–H groups in total. The van der Waals surface area contributed by atoms with Crippen molar-refractivity contribution in [2.45, 2.75) is 58.9 Å². The number of carbonyl (C=O) groups excluding carboxylic acids is 1. The summed E-state index contributed by atoms with van der Waals surface area (Å²) >= 11 is 0. The van der Waals surface area contributed by atoms with Crippen LogP contribution in [0.4, 0.5) is 0 Å². The van der Waals surface area contributed by atoms with Crippen LogP contribution in [0.25, 0.3) is 0 Å². The topological polar surface area (TPSA) is 101 Å². The van der Waals surface area contributed by atoms with Crippen molar-refractivity contribution >= 4 is 5.91 Å². The van der Waals surface area contributed by atoms with Crippen LogP contribution in [0.5, 0.6) is 0 Å². The van der Waals surface area contributed by atoms with E-state index in [0.29, 0.717) is 19.4 Å². The van der Waals surface area contributed by atoms with E-state index < -0.39 is 11.1 Å². The Balaban J connectivity index is 3.05. The van der Waals surface area contributed by atoms with E-state index in [-0.39, 0.29) is 11.5 Å². The molecule has 0 spiro atoms. The van der Waals surface area contributed by atoms with Crippen LogP contribution in [0.3, 0.4) is 0 Å². The predicted molar refractivity (Wildman–Crippen MR) is 83.4 cm³/mol. The number of nitrogens with one attached hydrogen (secondary N) is 2. The normalized spacial score (nSPS) is 11.5. The maximum absolute atomic E-state index is 12.4. The fraction of sp³-hybridized carbons (Fsp3) is 0.667. The Morgan fingerprint density at radius 3 is 2.33 bits per heavy atom. The van der Waals surface area contributed by atoms with E-state index in [9.17, 15) is 9.59 Å². The molecule has 1 aromatic heterocycles. The number of nitrogens with two attached hydrogens (primary N) is 1. The van der Waals surface area contributed by atoms with Crippen LogP contribution in [-0.2, 0) is 12.8 Å². The zero-order valence-corrected chi connectivity index (χ0v) is 13.4.